The molecule has 1 aromatic rings. The van der Waals surface area contributed by atoms with Gasteiger partial charge in [0, 0.05) is 0 Å². The van der Waals surface area contributed by atoms with Gasteiger partial charge in [-0.05, 0) is 58.7 Å². The average molecular weight is 361 g/mol. The molecule has 142 valence electrons. The molecule has 0 spiro atoms. The predicted octanol–water partition coefficient (Wildman–Crippen LogP) is 7.46. The Hall–Kier alpha value is -2.28. The molecule has 0 amide bonds. The maximum Gasteiger partial charge on any atom is 0.119 e. The molecule has 0 saturated heterocycles. The number of ether oxygens (including phenoxy) is 1. The Morgan fingerprint density at radius 1 is 0.852 bits per heavy atom. The fourth-order valence-electron chi connectivity index (χ4n) is 3.52. The molecule has 1 aromatic carbocycles. The fraction of sp³-hybridized carbons (Fsp3) is 0.385. The van der Waals surface area contributed by atoms with Crippen LogP contribution in [0.1, 0.15) is 69.1 Å². The van der Waals surface area contributed by atoms with Gasteiger partial charge in [0.25, 0.3) is 0 Å². The van der Waals surface area contributed by atoms with Crippen molar-refractivity contribution in [3.63, 3.8) is 0 Å². The summed E-state index contributed by atoms with van der Waals surface area (Å²) in [4.78, 5) is 0. The van der Waals surface area contributed by atoms with E-state index in [0.717, 1.165) is 25.2 Å². The minimum Gasteiger partial charge on any atom is -0.494 e. The van der Waals surface area contributed by atoms with E-state index >= 15 is 0 Å². The molecule has 2 aliphatic carbocycles. The monoisotopic (exact) mass is 360 g/mol. The summed E-state index contributed by atoms with van der Waals surface area (Å²) < 4.78 is 5.86. The normalized spacial score (nSPS) is 11.3. The highest BCUT2D eigenvalue weighted by Crippen LogP contribution is 2.31. The van der Waals surface area contributed by atoms with Crippen LogP contribution in [0.4, 0.5) is 0 Å². The van der Waals surface area contributed by atoms with E-state index < -0.39 is 0 Å². The van der Waals surface area contributed by atoms with Crippen LogP contribution in [0, 0.1) is 0 Å². The average Bonchev–Trinajstić information content (AvgIpc) is 2.90. The number of hydrogen-bond donors (Lipinski definition) is 0. The predicted molar refractivity (Wildman–Crippen MR) is 116 cm³/mol. The lowest BCUT2D eigenvalue weighted by atomic mass is 10.0. The van der Waals surface area contributed by atoms with Crippen LogP contribution in [0.3, 0.4) is 0 Å². The lowest BCUT2D eigenvalue weighted by Crippen LogP contribution is -1.97. The Balaban J connectivity index is 1.63. The molecular formula is C26H32O. The molecule has 2 aliphatic rings. The lowest BCUT2D eigenvalue weighted by Gasteiger charge is -2.08. The molecule has 0 aromatic heterocycles. The second kappa shape index (κ2) is 9.60. The largest absolute Gasteiger partial charge is 0.494 e. The van der Waals surface area contributed by atoms with Crippen LogP contribution in [-0.4, -0.2) is 6.61 Å². The summed E-state index contributed by atoms with van der Waals surface area (Å²) in [5, 5.41) is 0. The van der Waals surface area contributed by atoms with E-state index in [1.54, 1.807) is 0 Å². The van der Waals surface area contributed by atoms with Gasteiger partial charge < -0.3 is 4.74 Å². The van der Waals surface area contributed by atoms with Crippen LogP contribution in [0.15, 0.2) is 60.7 Å². The second-order valence-electron chi connectivity index (χ2n) is 7.78. The number of hydrogen-bond acceptors (Lipinski definition) is 1. The van der Waals surface area contributed by atoms with Crippen LogP contribution >= 0.6 is 0 Å². The van der Waals surface area contributed by atoms with Crippen molar-refractivity contribution < 1.29 is 4.74 Å². The van der Waals surface area contributed by atoms with Gasteiger partial charge in [0.2, 0.25) is 0 Å². The number of unbranched alkanes of at least 4 members (excludes halogenated alkanes) is 3. The van der Waals surface area contributed by atoms with Crippen molar-refractivity contribution >= 4 is 0 Å². The molecular weight excluding hydrogens is 328 g/mol. The topological polar surface area (TPSA) is 9.23 Å². The molecule has 0 unspecified atom stereocenters. The van der Waals surface area contributed by atoms with Crippen LogP contribution < -0.4 is 4.74 Å². The molecule has 0 bridgehead atoms. The van der Waals surface area contributed by atoms with E-state index in [4.69, 9.17) is 4.74 Å². The zero-order chi connectivity index (χ0) is 19.1. The fourth-order valence-corrected chi connectivity index (χ4v) is 3.52. The summed E-state index contributed by atoms with van der Waals surface area (Å²) in [6.45, 7) is 7.55. The van der Waals surface area contributed by atoms with Gasteiger partial charge in [-0.1, -0.05) is 88.6 Å². The van der Waals surface area contributed by atoms with Crippen molar-refractivity contribution in [1.29, 1.82) is 0 Å². The summed E-state index contributed by atoms with van der Waals surface area (Å²) in [7, 11) is 0. The lowest BCUT2D eigenvalue weighted by molar-refractivity contribution is 0.305. The van der Waals surface area contributed by atoms with Crippen LogP contribution in [0.25, 0.3) is 11.1 Å². The first-order chi connectivity index (χ1) is 13.2. The molecule has 0 radical (unpaired) electrons. The van der Waals surface area contributed by atoms with Gasteiger partial charge in [0.1, 0.15) is 5.75 Å². The van der Waals surface area contributed by atoms with E-state index in [0.29, 0.717) is 5.92 Å². The quantitative estimate of drug-likeness (QED) is 0.360. The van der Waals surface area contributed by atoms with E-state index in [2.05, 4.69) is 81.4 Å². The smallest absolute Gasteiger partial charge is 0.119 e. The Kier molecular flexibility index (Phi) is 6.92. The first kappa shape index (κ1) is 19.5. The minimum absolute atomic E-state index is 0.550. The van der Waals surface area contributed by atoms with E-state index in [-0.39, 0.29) is 0 Å². The standard InChI is InChI=1S/C26H32O/c1-4-5-6-7-17-27-25-15-11-21(12-16-25)18-23-13-14-24-19-22(20(2)3)9-8-10-26(23)24/h8-16,19-20H,4-7,17-18H2,1-3H3. The highest BCUT2D eigenvalue weighted by molar-refractivity contribution is 5.71. The van der Waals surface area contributed by atoms with Crippen LogP contribution in [0.2, 0.25) is 0 Å². The third-order valence-corrected chi connectivity index (χ3v) is 5.25. The van der Waals surface area contributed by atoms with Gasteiger partial charge in [-0.3, -0.25) is 0 Å². The maximum atomic E-state index is 5.86. The first-order valence-corrected chi connectivity index (χ1v) is 10.4. The van der Waals surface area contributed by atoms with Crippen LogP contribution in [-0.2, 0) is 6.42 Å². The highest BCUT2D eigenvalue weighted by atomic mass is 16.5. The molecule has 0 heterocycles. The summed E-state index contributed by atoms with van der Waals surface area (Å²) in [5.41, 5.74) is 6.81. The number of fused-ring (bicyclic) bond motifs is 1. The Morgan fingerprint density at radius 2 is 1.67 bits per heavy atom. The summed E-state index contributed by atoms with van der Waals surface area (Å²) >= 11 is 0. The van der Waals surface area contributed by atoms with E-state index in [1.165, 1.54) is 47.1 Å². The van der Waals surface area contributed by atoms with Gasteiger partial charge in [0.05, 0.1) is 6.61 Å². The molecule has 0 fully saturated rings. The molecule has 27 heavy (non-hydrogen) atoms. The molecule has 0 atom stereocenters. The van der Waals surface area contributed by atoms with E-state index in [9.17, 15) is 0 Å². The number of rotatable bonds is 9. The van der Waals surface area contributed by atoms with Gasteiger partial charge >= 0.3 is 0 Å². The van der Waals surface area contributed by atoms with E-state index in [1.807, 2.05) is 0 Å². The Bertz CT molecular complexity index is 801. The van der Waals surface area contributed by atoms with Crippen molar-refractivity contribution in [1.82, 2.24) is 0 Å². The molecule has 0 N–H and O–H groups in total. The van der Waals surface area contributed by atoms with Gasteiger partial charge in [0.15, 0.2) is 0 Å². The van der Waals surface area contributed by atoms with Crippen molar-refractivity contribution in [3.05, 3.63) is 77.4 Å². The van der Waals surface area contributed by atoms with Crippen LogP contribution in [0.5, 0.6) is 5.75 Å². The third kappa shape index (κ3) is 5.35. The first-order valence-electron chi connectivity index (χ1n) is 10.4. The van der Waals surface area contributed by atoms with Gasteiger partial charge in [-0.2, -0.15) is 0 Å². The zero-order valence-electron chi connectivity index (χ0n) is 17.0. The molecule has 3 rings (SSSR count). The Morgan fingerprint density at radius 3 is 2.41 bits per heavy atom. The molecule has 0 saturated carbocycles. The van der Waals surface area contributed by atoms with Gasteiger partial charge in [-0.15, -0.1) is 0 Å². The van der Waals surface area contributed by atoms with Crippen molar-refractivity contribution in [2.24, 2.45) is 0 Å². The van der Waals surface area contributed by atoms with Crippen molar-refractivity contribution in [2.75, 3.05) is 6.61 Å². The van der Waals surface area contributed by atoms with Gasteiger partial charge in [-0.25, -0.2) is 0 Å². The zero-order valence-corrected chi connectivity index (χ0v) is 17.0. The second-order valence-corrected chi connectivity index (χ2v) is 7.78. The molecule has 0 aliphatic heterocycles. The maximum absolute atomic E-state index is 5.86. The third-order valence-electron chi connectivity index (χ3n) is 5.25. The van der Waals surface area contributed by atoms with Crippen molar-refractivity contribution in [3.8, 4) is 16.9 Å². The summed E-state index contributed by atoms with van der Waals surface area (Å²) in [6.07, 6.45) is 5.93. The van der Waals surface area contributed by atoms with Crippen molar-refractivity contribution in [2.45, 2.75) is 58.8 Å². The summed E-state index contributed by atoms with van der Waals surface area (Å²) in [5.74, 6) is 1.53. The minimum atomic E-state index is 0.550. The molecule has 1 heteroatoms. The number of benzene rings is 1. The highest BCUT2D eigenvalue weighted by Gasteiger charge is 2.10. The SMILES string of the molecule is CCCCCCOc1ccc(Cc2ccc3cc(C(C)C)cccc2-3)cc1. The molecule has 1 nitrogen and oxygen atoms in total. The summed E-state index contributed by atoms with van der Waals surface area (Å²) in [6, 6.07) is 22.2. The Labute approximate surface area is 164 Å².